The zero-order chi connectivity index (χ0) is 20.7. The van der Waals surface area contributed by atoms with E-state index < -0.39 is 6.10 Å². The normalized spacial score (nSPS) is 14.6. The van der Waals surface area contributed by atoms with Gasteiger partial charge in [-0.25, -0.2) is 9.97 Å². The van der Waals surface area contributed by atoms with Crippen LogP contribution in [0.25, 0.3) is 21.8 Å². The van der Waals surface area contributed by atoms with E-state index in [2.05, 4.69) is 17.1 Å². The minimum absolute atomic E-state index is 0.396. The minimum atomic E-state index is -0.638. The second-order valence-corrected chi connectivity index (χ2v) is 8.19. The van der Waals surface area contributed by atoms with Crippen molar-refractivity contribution in [2.45, 2.75) is 12.5 Å². The van der Waals surface area contributed by atoms with E-state index in [0.29, 0.717) is 47.9 Å². The van der Waals surface area contributed by atoms with Crippen molar-refractivity contribution < 1.29 is 9.84 Å². The van der Waals surface area contributed by atoms with Crippen molar-refractivity contribution in [3.05, 3.63) is 70.2 Å². The molecule has 1 aliphatic rings. The fraction of sp³-hybridized carbons (Fsp3) is 0.217. The number of nitrogens with zero attached hydrogens (tertiary/aromatic N) is 3. The molecule has 0 amide bonds. The Labute approximate surface area is 183 Å². The van der Waals surface area contributed by atoms with Crippen molar-refractivity contribution in [3.63, 3.8) is 0 Å². The van der Waals surface area contributed by atoms with Crippen molar-refractivity contribution in [3.8, 4) is 5.88 Å². The highest BCUT2D eigenvalue weighted by Gasteiger charge is 2.24. The molecule has 7 heteroatoms. The van der Waals surface area contributed by atoms with Crippen molar-refractivity contribution >= 4 is 50.8 Å². The first-order valence-corrected chi connectivity index (χ1v) is 10.5. The third-order valence-corrected chi connectivity index (χ3v) is 6.16. The number of aliphatic hydroxyl groups excluding tert-OH is 1. The topological polar surface area (TPSA) is 58.5 Å². The predicted octanol–water partition coefficient (Wildman–Crippen LogP) is 4.89. The van der Waals surface area contributed by atoms with Crippen molar-refractivity contribution in [1.29, 1.82) is 0 Å². The van der Waals surface area contributed by atoms with E-state index in [-0.39, 0.29) is 0 Å². The van der Waals surface area contributed by atoms with Gasteiger partial charge >= 0.3 is 0 Å². The summed E-state index contributed by atoms with van der Waals surface area (Å²) in [7, 11) is 0. The van der Waals surface area contributed by atoms with Gasteiger partial charge in [-0.3, -0.25) is 0 Å². The Morgan fingerprint density at radius 1 is 1.00 bits per heavy atom. The van der Waals surface area contributed by atoms with E-state index in [1.54, 1.807) is 6.07 Å². The lowest BCUT2D eigenvalue weighted by Crippen LogP contribution is -2.40. The molecule has 0 bridgehead atoms. The van der Waals surface area contributed by atoms with E-state index in [9.17, 15) is 5.11 Å². The number of hydrogen-bond acceptors (Lipinski definition) is 5. The standard InChI is InChI=1S/C23H19Cl2N3O2/c24-18-7-3-6-16(21(18)25)10-17(29)13-28-8-9-30-23-22(28)26-19-11-14-4-1-2-5-15(14)12-20(19)27-23/h1-7,11-12,17,29H,8-10,13H2. The number of anilines is 1. The average Bonchev–Trinajstić information content (AvgIpc) is 2.74. The molecule has 0 radical (unpaired) electrons. The Balaban J connectivity index is 1.44. The lowest BCUT2D eigenvalue weighted by atomic mass is 10.1. The van der Waals surface area contributed by atoms with Gasteiger partial charge in [0.2, 0.25) is 0 Å². The van der Waals surface area contributed by atoms with E-state index >= 15 is 0 Å². The Morgan fingerprint density at radius 3 is 2.50 bits per heavy atom. The smallest absolute Gasteiger partial charge is 0.258 e. The molecule has 0 spiro atoms. The van der Waals surface area contributed by atoms with Crippen LogP contribution in [0, 0.1) is 0 Å². The number of aliphatic hydroxyl groups is 1. The third-order valence-electron chi connectivity index (χ3n) is 5.30. The summed E-state index contributed by atoms with van der Waals surface area (Å²) in [4.78, 5) is 11.5. The SMILES string of the molecule is OC(Cc1cccc(Cl)c1Cl)CN1CCOc2nc3cc4ccccc4cc3nc21. The maximum absolute atomic E-state index is 10.7. The number of benzene rings is 3. The number of ether oxygens (including phenoxy) is 1. The van der Waals surface area contributed by atoms with Crippen LogP contribution in [0.4, 0.5) is 5.82 Å². The fourth-order valence-corrected chi connectivity index (χ4v) is 4.23. The summed E-state index contributed by atoms with van der Waals surface area (Å²) < 4.78 is 5.77. The van der Waals surface area contributed by atoms with Crippen LogP contribution in [0.3, 0.4) is 0 Å². The van der Waals surface area contributed by atoms with Gasteiger partial charge in [0.25, 0.3) is 5.88 Å². The molecule has 0 aliphatic carbocycles. The van der Waals surface area contributed by atoms with Gasteiger partial charge in [-0.1, -0.05) is 59.6 Å². The number of rotatable bonds is 4. The highest BCUT2D eigenvalue weighted by molar-refractivity contribution is 6.42. The summed E-state index contributed by atoms with van der Waals surface area (Å²) in [5.74, 6) is 1.15. The quantitative estimate of drug-likeness (QED) is 0.458. The summed E-state index contributed by atoms with van der Waals surface area (Å²) in [6.45, 7) is 1.51. The number of β-amino-alcohol motifs (C(OH)–C–C–N with tert-alkyl or cyclic N) is 1. The van der Waals surface area contributed by atoms with Gasteiger partial charge in [0.05, 0.1) is 33.7 Å². The molecule has 3 aromatic carbocycles. The van der Waals surface area contributed by atoms with Crippen molar-refractivity contribution in [1.82, 2.24) is 9.97 Å². The van der Waals surface area contributed by atoms with Crippen LogP contribution in [0.15, 0.2) is 54.6 Å². The van der Waals surface area contributed by atoms with Gasteiger partial charge in [-0.15, -0.1) is 0 Å². The first-order valence-electron chi connectivity index (χ1n) is 9.78. The molecular formula is C23H19Cl2N3O2. The highest BCUT2D eigenvalue weighted by Crippen LogP contribution is 2.32. The van der Waals surface area contributed by atoms with Gasteiger partial charge in [0, 0.05) is 13.0 Å². The van der Waals surface area contributed by atoms with Gasteiger partial charge in [0.1, 0.15) is 6.61 Å². The zero-order valence-electron chi connectivity index (χ0n) is 16.1. The second-order valence-electron chi connectivity index (χ2n) is 7.41. The van der Waals surface area contributed by atoms with Crippen LogP contribution in [0.1, 0.15) is 5.56 Å². The summed E-state index contributed by atoms with van der Waals surface area (Å²) in [6, 6.07) is 17.6. The Kier molecular flexibility index (Phi) is 5.11. The van der Waals surface area contributed by atoms with E-state index in [4.69, 9.17) is 32.9 Å². The molecule has 0 saturated carbocycles. The molecule has 1 N–H and O–H groups in total. The molecule has 30 heavy (non-hydrogen) atoms. The number of halogens is 2. The molecule has 0 saturated heterocycles. The van der Waals surface area contributed by atoms with E-state index in [1.807, 2.05) is 41.3 Å². The molecule has 0 fully saturated rings. The van der Waals surface area contributed by atoms with Crippen LogP contribution in [-0.4, -0.2) is 40.9 Å². The van der Waals surface area contributed by atoms with E-state index in [1.165, 1.54) is 0 Å². The summed E-state index contributed by atoms with van der Waals surface area (Å²) in [5, 5.41) is 13.9. The average molecular weight is 440 g/mol. The van der Waals surface area contributed by atoms with Crippen LogP contribution in [0.2, 0.25) is 10.0 Å². The Morgan fingerprint density at radius 2 is 1.73 bits per heavy atom. The molecule has 4 aromatic rings. The second kappa shape index (κ2) is 7.91. The minimum Gasteiger partial charge on any atom is -0.473 e. The van der Waals surface area contributed by atoms with Gasteiger partial charge < -0.3 is 14.7 Å². The number of aromatic nitrogens is 2. The van der Waals surface area contributed by atoms with Crippen LogP contribution >= 0.6 is 23.2 Å². The van der Waals surface area contributed by atoms with Gasteiger partial charge in [-0.05, 0) is 34.5 Å². The lowest BCUT2D eigenvalue weighted by Gasteiger charge is -2.31. The maximum atomic E-state index is 10.7. The predicted molar refractivity (Wildman–Crippen MR) is 121 cm³/mol. The molecule has 152 valence electrons. The highest BCUT2D eigenvalue weighted by atomic mass is 35.5. The van der Waals surface area contributed by atoms with Crippen LogP contribution < -0.4 is 9.64 Å². The Bertz CT molecular complexity index is 1250. The molecule has 2 heterocycles. The first-order chi connectivity index (χ1) is 14.6. The van der Waals surface area contributed by atoms with Crippen LogP contribution in [-0.2, 0) is 6.42 Å². The zero-order valence-corrected chi connectivity index (χ0v) is 17.6. The summed E-state index contributed by atoms with van der Waals surface area (Å²) in [5.41, 5.74) is 2.41. The lowest BCUT2D eigenvalue weighted by molar-refractivity contribution is 0.175. The molecule has 1 aromatic heterocycles. The van der Waals surface area contributed by atoms with E-state index in [0.717, 1.165) is 27.4 Å². The van der Waals surface area contributed by atoms with Gasteiger partial charge in [0.15, 0.2) is 5.82 Å². The monoisotopic (exact) mass is 439 g/mol. The van der Waals surface area contributed by atoms with Crippen molar-refractivity contribution in [2.24, 2.45) is 0 Å². The Hall–Kier alpha value is -2.60. The van der Waals surface area contributed by atoms with Crippen LogP contribution in [0.5, 0.6) is 5.88 Å². The maximum Gasteiger partial charge on any atom is 0.258 e. The molecule has 1 unspecified atom stereocenters. The molecule has 5 nitrogen and oxygen atoms in total. The number of fused-ring (bicyclic) bond motifs is 3. The fourth-order valence-electron chi connectivity index (χ4n) is 3.83. The molecular weight excluding hydrogens is 421 g/mol. The molecule has 1 aliphatic heterocycles. The van der Waals surface area contributed by atoms with Crippen molar-refractivity contribution in [2.75, 3.05) is 24.6 Å². The largest absolute Gasteiger partial charge is 0.473 e. The number of hydrogen-bond donors (Lipinski definition) is 1. The summed E-state index contributed by atoms with van der Waals surface area (Å²) >= 11 is 12.4. The molecule has 1 atom stereocenters. The summed E-state index contributed by atoms with van der Waals surface area (Å²) in [6.07, 6.45) is -0.237. The van der Waals surface area contributed by atoms with Gasteiger partial charge in [-0.2, -0.15) is 0 Å². The third kappa shape index (κ3) is 3.65. The molecule has 5 rings (SSSR count). The first kappa shape index (κ1) is 19.4.